The maximum Gasteiger partial charge on any atom is 0.232 e. The van der Waals surface area contributed by atoms with E-state index in [9.17, 15) is 9.59 Å². The SMILES string of the molecule is COCCCNC(=O)CC1C(=O)Nc2ccccc21. The third-order valence-corrected chi connectivity index (χ3v) is 3.15. The van der Waals surface area contributed by atoms with Crippen LogP contribution in [0.5, 0.6) is 0 Å². The average molecular weight is 262 g/mol. The number of ether oxygens (including phenoxy) is 1. The first-order valence-corrected chi connectivity index (χ1v) is 6.38. The van der Waals surface area contributed by atoms with E-state index >= 15 is 0 Å². The maximum atomic E-state index is 11.8. The summed E-state index contributed by atoms with van der Waals surface area (Å²) < 4.78 is 4.91. The molecule has 0 saturated carbocycles. The van der Waals surface area contributed by atoms with Crippen LogP contribution < -0.4 is 10.6 Å². The Morgan fingerprint density at radius 3 is 3.00 bits per heavy atom. The maximum absolute atomic E-state index is 11.8. The molecule has 0 aliphatic carbocycles. The Morgan fingerprint density at radius 2 is 2.21 bits per heavy atom. The normalized spacial score (nSPS) is 16.9. The quantitative estimate of drug-likeness (QED) is 0.759. The average Bonchev–Trinajstić information content (AvgIpc) is 2.72. The predicted molar refractivity (Wildman–Crippen MR) is 71.9 cm³/mol. The number of rotatable bonds is 6. The summed E-state index contributed by atoms with van der Waals surface area (Å²) in [5.41, 5.74) is 1.71. The van der Waals surface area contributed by atoms with Crippen LogP contribution in [0.2, 0.25) is 0 Å². The first kappa shape index (κ1) is 13.5. The van der Waals surface area contributed by atoms with Crippen LogP contribution in [-0.4, -0.2) is 32.1 Å². The molecule has 0 spiro atoms. The number of carbonyl (C=O) groups is 2. The van der Waals surface area contributed by atoms with Gasteiger partial charge in [-0.25, -0.2) is 0 Å². The van der Waals surface area contributed by atoms with Gasteiger partial charge in [0.25, 0.3) is 0 Å². The van der Waals surface area contributed by atoms with Crippen molar-refractivity contribution in [2.24, 2.45) is 0 Å². The van der Waals surface area contributed by atoms with Gasteiger partial charge in [0, 0.05) is 32.4 Å². The summed E-state index contributed by atoms with van der Waals surface area (Å²) in [7, 11) is 1.63. The molecule has 1 aromatic carbocycles. The van der Waals surface area contributed by atoms with Gasteiger partial charge < -0.3 is 15.4 Å². The third kappa shape index (κ3) is 3.32. The van der Waals surface area contributed by atoms with Gasteiger partial charge in [0.05, 0.1) is 5.92 Å². The van der Waals surface area contributed by atoms with Crippen LogP contribution in [0, 0.1) is 0 Å². The van der Waals surface area contributed by atoms with Crippen LogP contribution in [0.15, 0.2) is 24.3 Å². The second-order valence-corrected chi connectivity index (χ2v) is 4.53. The van der Waals surface area contributed by atoms with Gasteiger partial charge in [-0.15, -0.1) is 0 Å². The lowest BCUT2D eigenvalue weighted by Crippen LogP contribution is -2.28. The molecule has 0 aromatic heterocycles. The van der Waals surface area contributed by atoms with Crippen LogP contribution in [0.1, 0.15) is 24.3 Å². The first-order chi connectivity index (χ1) is 9.22. The minimum atomic E-state index is -0.376. The number of para-hydroxylation sites is 1. The molecular weight excluding hydrogens is 244 g/mol. The Morgan fingerprint density at radius 1 is 1.42 bits per heavy atom. The van der Waals surface area contributed by atoms with Gasteiger partial charge in [-0.05, 0) is 18.1 Å². The van der Waals surface area contributed by atoms with Gasteiger partial charge in [-0.1, -0.05) is 18.2 Å². The van der Waals surface area contributed by atoms with Crippen molar-refractivity contribution >= 4 is 17.5 Å². The number of carbonyl (C=O) groups excluding carboxylic acids is 2. The molecule has 1 aromatic rings. The number of anilines is 1. The lowest BCUT2D eigenvalue weighted by atomic mass is 9.97. The number of nitrogens with one attached hydrogen (secondary N) is 2. The zero-order valence-corrected chi connectivity index (χ0v) is 10.9. The topological polar surface area (TPSA) is 67.4 Å². The molecular formula is C14H18N2O3. The van der Waals surface area contributed by atoms with Crippen molar-refractivity contribution in [1.82, 2.24) is 5.32 Å². The molecule has 5 heteroatoms. The number of hydrogen-bond donors (Lipinski definition) is 2. The molecule has 1 atom stereocenters. The molecule has 2 N–H and O–H groups in total. The summed E-state index contributed by atoms with van der Waals surface area (Å²) in [6.45, 7) is 1.19. The highest BCUT2D eigenvalue weighted by molar-refractivity contribution is 6.04. The Kier molecular flexibility index (Phi) is 4.52. The van der Waals surface area contributed by atoms with Gasteiger partial charge in [0.15, 0.2) is 0 Å². The van der Waals surface area contributed by atoms with Gasteiger partial charge >= 0.3 is 0 Å². The zero-order valence-electron chi connectivity index (χ0n) is 10.9. The largest absolute Gasteiger partial charge is 0.385 e. The predicted octanol–water partition coefficient (Wildman–Crippen LogP) is 1.27. The molecule has 0 bridgehead atoms. The Labute approximate surface area is 112 Å². The van der Waals surface area contributed by atoms with Crippen LogP contribution >= 0.6 is 0 Å². The fraction of sp³-hybridized carbons (Fsp3) is 0.429. The van der Waals surface area contributed by atoms with Crippen molar-refractivity contribution in [3.8, 4) is 0 Å². The van der Waals surface area contributed by atoms with Crippen molar-refractivity contribution in [3.63, 3.8) is 0 Å². The van der Waals surface area contributed by atoms with E-state index in [1.165, 1.54) is 0 Å². The van der Waals surface area contributed by atoms with Crippen LogP contribution in [0.4, 0.5) is 5.69 Å². The molecule has 1 unspecified atom stereocenters. The summed E-state index contributed by atoms with van der Waals surface area (Å²) >= 11 is 0. The van der Waals surface area contributed by atoms with Crippen molar-refractivity contribution in [3.05, 3.63) is 29.8 Å². The Balaban J connectivity index is 1.89. The molecule has 0 radical (unpaired) electrons. The molecule has 5 nitrogen and oxygen atoms in total. The first-order valence-electron chi connectivity index (χ1n) is 6.38. The molecule has 2 rings (SSSR count). The van der Waals surface area contributed by atoms with Crippen molar-refractivity contribution in [2.45, 2.75) is 18.8 Å². The minimum absolute atomic E-state index is 0.103. The van der Waals surface area contributed by atoms with Crippen LogP contribution in [-0.2, 0) is 14.3 Å². The molecule has 2 amide bonds. The van der Waals surface area contributed by atoms with E-state index in [2.05, 4.69) is 10.6 Å². The summed E-state index contributed by atoms with van der Waals surface area (Å²) in [5.74, 6) is -0.583. The Bertz CT molecular complexity index is 474. The lowest BCUT2D eigenvalue weighted by molar-refractivity contribution is -0.125. The Hall–Kier alpha value is -1.88. The van der Waals surface area contributed by atoms with Gasteiger partial charge in [-0.2, -0.15) is 0 Å². The second-order valence-electron chi connectivity index (χ2n) is 4.53. The molecule has 19 heavy (non-hydrogen) atoms. The summed E-state index contributed by atoms with van der Waals surface area (Å²) in [6, 6.07) is 7.48. The minimum Gasteiger partial charge on any atom is -0.385 e. The second kappa shape index (κ2) is 6.33. The zero-order chi connectivity index (χ0) is 13.7. The van der Waals surface area contributed by atoms with E-state index < -0.39 is 0 Å². The van der Waals surface area contributed by atoms with Crippen LogP contribution in [0.25, 0.3) is 0 Å². The van der Waals surface area contributed by atoms with E-state index in [1.54, 1.807) is 7.11 Å². The number of fused-ring (bicyclic) bond motifs is 1. The van der Waals surface area contributed by atoms with Gasteiger partial charge in [0.1, 0.15) is 0 Å². The highest BCUT2D eigenvalue weighted by atomic mass is 16.5. The van der Waals surface area contributed by atoms with E-state index in [1.807, 2.05) is 24.3 Å². The molecule has 0 fully saturated rings. The van der Waals surface area contributed by atoms with Crippen molar-refractivity contribution in [2.75, 3.05) is 25.6 Å². The van der Waals surface area contributed by atoms with Crippen molar-refractivity contribution in [1.29, 1.82) is 0 Å². The van der Waals surface area contributed by atoms with Crippen LogP contribution in [0.3, 0.4) is 0 Å². The van der Waals surface area contributed by atoms with E-state index in [-0.39, 0.29) is 24.2 Å². The number of amides is 2. The summed E-state index contributed by atoms with van der Waals surface area (Å²) in [5, 5.41) is 5.59. The molecule has 1 aliphatic rings. The molecule has 1 heterocycles. The molecule has 102 valence electrons. The fourth-order valence-corrected chi connectivity index (χ4v) is 2.18. The number of benzene rings is 1. The number of hydrogen-bond acceptors (Lipinski definition) is 3. The van der Waals surface area contributed by atoms with E-state index in [0.717, 1.165) is 17.7 Å². The highest BCUT2D eigenvalue weighted by Crippen LogP contribution is 2.34. The third-order valence-electron chi connectivity index (χ3n) is 3.15. The van der Waals surface area contributed by atoms with Crippen molar-refractivity contribution < 1.29 is 14.3 Å². The fourth-order valence-electron chi connectivity index (χ4n) is 2.18. The van der Waals surface area contributed by atoms with Gasteiger partial charge in [0.2, 0.25) is 11.8 Å². The molecule has 0 saturated heterocycles. The van der Waals surface area contributed by atoms with Gasteiger partial charge in [-0.3, -0.25) is 9.59 Å². The summed E-state index contributed by atoms with van der Waals surface area (Å²) in [4.78, 5) is 23.6. The highest BCUT2D eigenvalue weighted by Gasteiger charge is 2.31. The molecule has 1 aliphatic heterocycles. The smallest absolute Gasteiger partial charge is 0.232 e. The van der Waals surface area contributed by atoms with E-state index in [4.69, 9.17) is 4.74 Å². The standard InChI is InChI=1S/C14H18N2O3/c1-19-8-4-7-15-13(17)9-11-10-5-2-3-6-12(10)16-14(11)18/h2-3,5-6,11H,4,7-9H2,1H3,(H,15,17)(H,16,18). The lowest BCUT2D eigenvalue weighted by Gasteiger charge is -2.09. The number of methoxy groups -OCH3 is 1. The summed E-state index contributed by atoms with van der Waals surface area (Å²) in [6.07, 6.45) is 0.964. The monoisotopic (exact) mass is 262 g/mol. The van der Waals surface area contributed by atoms with E-state index in [0.29, 0.717) is 13.2 Å².